The second-order valence-electron chi connectivity index (χ2n) is 8.12. The van der Waals surface area contributed by atoms with Crippen LogP contribution in [0.2, 0.25) is 0 Å². The predicted octanol–water partition coefficient (Wildman–Crippen LogP) is 3.07. The normalized spacial score (nSPS) is 12.6. The van der Waals surface area contributed by atoms with Gasteiger partial charge in [0.15, 0.2) is 0 Å². The number of sulfone groups is 1. The maximum absolute atomic E-state index is 12.1. The van der Waals surface area contributed by atoms with Gasteiger partial charge in [-0.1, -0.05) is 13.8 Å². The summed E-state index contributed by atoms with van der Waals surface area (Å²) < 4.78 is 26.0. The minimum atomic E-state index is -3.36. The number of aromatic amines is 1. The Morgan fingerprint density at radius 1 is 1.18 bits per heavy atom. The van der Waals surface area contributed by atoms with Crippen LogP contribution in [0.3, 0.4) is 0 Å². The highest BCUT2D eigenvalue weighted by molar-refractivity contribution is 7.90. The number of H-pyrrole nitrogens is 1. The van der Waals surface area contributed by atoms with E-state index in [-0.39, 0.29) is 5.16 Å². The SMILES string of the molecule is Cc1cc2nc(CN(C)Cc3cnc(S(C)(=O)=O)n3CC(C)C)[nH]c2cc1C. The van der Waals surface area contributed by atoms with Gasteiger partial charge in [-0.2, -0.15) is 0 Å². The minimum Gasteiger partial charge on any atom is -0.341 e. The van der Waals surface area contributed by atoms with Crippen LogP contribution in [0.25, 0.3) is 11.0 Å². The molecular formula is C20H29N5O2S. The zero-order chi connectivity index (χ0) is 20.6. The summed E-state index contributed by atoms with van der Waals surface area (Å²) in [7, 11) is -1.37. The Hall–Kier alpha value is -2.19. The molecule has 3 aromatic rings. The molecule has 0 radical (unpaired) electrons. The van der Waals surface area contributed by atoms with E-state index in [9.17, 15) is 8.42 Å². The van der Waals surface area contributed by atoms with Crippen molar-refractivity contribution in [2.75, 3.05) is 13.3 Å². The topological polar surface area (TPSA) is 83.9 Å². The molecule has 0 amide bonds. The van der Waals surface area contributed by atoms with Crippen LogP contribution in [0.5, 0.6) is 0 Å². The molecule has 0 saturated carbocycles. The fraction of sp³-hybridized carbons (Fsp3) is 0.500. The third-order valence-electron chi connectivity index (χ3n) is 4.78. The lowest BCUT2D eigenvalue weighted by atomic mass is 10.1. The molecule has 0 aliphatic rings. The van der Waals surface area contributed by atoms with Crippen LogP contribution in [0, 0.1) is 19.8 Å². The summed E-state index contributed by atoms with van der Waals surface area (Å²) in [6, 6.07) is 4.22. The monoisotopic (exact) mass is 403 g/mol. The molecule has 8 heteroatoms. The number of hydrogen-bond acceptors (Lipinski definition) is 5. The molecule has 0 bridgehead atoms. The Balaban J connectivity index is 1.81. The Morgan fingerprint density at radius 3 is 2.50 bits per heavy atom. The molecule has 0 unspecified atom stereocenters. The molecule has 1 aromatic carbocycles. The maximum atomic E-state index is 12.1. The van der Waals surface area contributed by atoms with Crippen molar-refractivity contribution in [2.24, 2.45) is 5.92 Å². The number of benzene rings is 1. The van der Waals surface area contributed by atoms with Crippen molar-refractivity contribution in [3.8, 4) is 0 Å². The smallest absolute Gasteiger partial charge is 0.227 e. The van der Waals surface area contributed by atoms with E-state index in [1.54, 1.807) is 6.20 Å². The van der Waals surface area contributed by atoms with Gasteiger partial charge in [-0.3, -0.25) is 4.90 Å². The number of imidazole rings is 2. The van der Waals surface area contributed by atoms with Crippen molar-refractivity contribution in [3.05, 3.63) is 41.0 Å². The van der Waals surface area contributed by atoms with E-state index in [4.69, 9.17) is 4.98 Å². The van der Waals surface area contributed by atoms with Crippen LogP contribution in [0.15, 0.2) is 23.5 Å². The van der Waals surface area contributed by atoms with Crippen molar-refractivity contribution in [1.29, 1.82) is 0 Å². The van der Waals surface area contributed by atoms with Crippen LogP contribution in [-0.4, -0.2) is 46.1 Å². The van der Waals surface area contributed by atoms with Gasteiger partial charge in [0.2, 0.25) is 15.0 Å². The van der Waals surface area contributed by atoms with Crippen molar-refractivity contribution in [3.63, 3.8) is 0 Å². The molecule has 2 heterocycles. The van der Waals surface area contributed by atoms with E-state index in [0.29, 0.717) is 25.6 Å². The first-order valence-corrected chi connectivity index (χ1v) is 11.3. The van der Waals surface area contributed by atoms with Gasteiger partial charge in [0.25, 0.3) is 0 Å². The number of nitrogens with one attached hydrogen (secondary N) is 1. The number of aryl methyl sites for hydroxylation is 2. The van der Waals surface area contributed by atoms with Crippen molar-refractivity contribution >= 4 is 20.9 Å². The first-order valence-electron chi connectivity index (χ1n) is 9.43. The van der Waals surface area contributed by atoms with Crippen molar-refractivity contribution in [2.45, 2.75) is 52.5 Å². The van der Waals surface area contributed by atoms with E-state index in [2.05, 4.69) is 54.7 Å². The summed E-state index contributed by atoms with van der Waals surface area (Å²) in [4.78, 5) is 14.4. The summed E-state index contributed by atoms with van der Waals surface area (Å²) in [6.07, 6.45) is 2.87. The molecule has 0 saturated heterocycles. The second-order valence-corrected chi connectivity index (χ2v) is 10.0. The van der Waals surface area contributed by atoms with Gasteiger partial charge in [-0.25, -0.2) is 18.4 Å². The molecule has 28 heavy (non-hydrogen) atoms. The summed E-state index contributed by atoms with van der Waals surface area (Å²) in [5.74, 6) is 1.21. The lowest BCUT2D eigenvalue weighted by Gasteiger charge is -2.18. The molecule has 0 aliphatic carbocycles. The molecule has 0 atom stereocenters. The summed E-state index contributed by atoms with van der Waals surface area (Å²) in [6.45, 7) is 10.2. The average Bonchev–Trinajstić information content (AvgIpc) is 3.11. The van der Waals surface area contributed by atoms with Crippen LogP contribution in [0.1, 0.15) is 36.5 Å². The lowest BCUT2D eigenvalue weighted by molar-refractivity contribution is 0.298. The fourth-order valence-corrected chi connectivity index (χ4v) is 4.20. The van der Waals surface area contributed by atoms with E-state index >= 15 is 0 Å². The maximum Gasteiger partial charge on any atom is 0.227 e. The molecule has 3 rings (SSSR count). The summed E-state index contributed by atoms with van der Waals surface area (Å²) in [5.41, 5.74) is 5.36. The van der Waals surface area contributed by atoms with Gasteiger partial charge < -0.3 is 9.55 Å². The highest BCUT2D eigenvalue weighted by Crippen LogP contribution is 2.19. The van der Waals surface area contributed by atoms with Gasteiger partial charge in [-0.15, -0.1) is 0 Å². The van der Waals surface area contributed by atoms with Gasteiger partial charge >= 0.3 is 0 Å². The lowest BCUT2D eigenvalue weighted by Crippen LogP contribution is -2.22. The number of rotatable bonds is 7. The highest BCUT2D eigenvalue weighted by atomic mass is 32.2. The number of nitrogens with zero attached hydrogens (tertiary/aromatic N) is 4. The summed E-state index contributed by atoms with van der Waals surface area (Å²) in [5, 5.41) is 0.138. The van der Waals surface area contributed by atoms with E-state index < -0.39 is 9.84 Å². The number of aromatic nitrogens is 4. The molecule has 2 aromatic heterocycles. The summed E-state index contributed by atoms with van der Waals surface area (Å²) >= 11 is 0. The van der Waals surface area contributed by atoms with Crippen LogP contribution < -0.4 is 0 Å². The quantitative estimate of drug-likeness (QED) is 0.655. The Labute approximate surface area is 166 Å². The van der Waals surface area contributed by atoms with Gasteiger partial charge in [0, 0.05) is 19.3 Å². The molecule has 0 fully saturated rings. The second kappa shape index (κ2) is 7.67. The molecule has 0 spiro atoms. The largest absolute Gasteiger partial charge is 0.341 e. The van der Waals surface area contributed by atoms with E-state index in [1.165, 1.54) is 17.4 Å². The van der Waals surface area contributed by atoms with Gasteiger partial charge in [0.05, 0.1) is 29.5 Å². The Morgan fingerprint density at radius 2 is 1.86 bits per heavy atom. The standard InChI is InChI=1S/C20H29N5O2S/c1-13(2)10-25-16(9-21-20(25)28(6,26)27)11-24(5)12-19-22-17-7-14(3)15(4)8-18(17)23-19/h7-9,13H,10-12H2,1-6H3,(H,22,23). The van der Waals surface area contributed by atoms with E-state index in [0.717, 1.165) is 22.6 Å². The average molecular weight is 404 g/mol. The molecule has 152 valence electrons. The molecular weight excluding hydrogens is 374 g/mol. The third-order valence-corrected chi connectivity index (χ3v) is 5.77. The van der Waals surface area contributed by atoms with Gasteiger partial charge in [0.1, 0.15) is 5.82 Å². The van der Waals surface area contributed by atoms with E-state index in [1.807, 2.05) is 11.6 Å². The first-order chi connectivity index (χ1) is 13.0. The van der Waals surface area contributed by atoms with Crippen LogP contribution in [0.4, 0.5) is 0 Å². The highest BCUT2D eigenvalue weighted by Gasteiger charge is 2.20. The minimum absolute atomic E-state index is 0.138. The zero-order valence-electron chi connectivity index (χ0n) is 17.4. The third kappa shape index (κ3) is 4.44. The Bertz CT molecular complexity index is 1060. The first kappa shape index (κ1) is 20.5. The van der Waals surface area contributed by atoms with Crippen molar-refractivity contribution < 1.29 is 8.42 Å². The zero-order valence-corrected chi connectivity index (χ0v) is 18.3. The van der Waals surface area contributed by atoms with Crippen molar-refractivity contribution in [1.82, 2.24) is 24.4 Å². The molecule has 7 nitrogen and oxygen atoms in total. The Kier molecular flexibility index (Phi) is 5.63. The van der Waals surface area contributed by atoms with Gasteiger partial charge in [-0.05, 0) is 50.1 Å². The van der Waals surface area contributed by atoms with Crippen LogP contribution in [-0.2, 0) is 29.5 Å². The molecule has 0 aliphatic heterocycles. The fourth-order valence-electron chi connectivity index (χ4n) is 3.36. The van der Waals surface area contributed by atoms with Crippen LogP contribution >= 0.6 is 0 Å². The molecule has 1 N–H and O–H groups in total. The predicted molar refractivity (Wildman–Crippen MR) is 111 cm³/mol. The number of hydrogen-bond donors (Lipinski definition) is 1. The number of fused-ring (bicyclic) bond motifs is 1.